The van der Waals surface area contributed by atoms with E-state index in [1.54, 1.807) is 24.4 Å². The van der Waals surface area contributed by atoms with E-state index in [0.29, 0.717) is 17.3 Å². The van der Waals surface area contributed by atoms with E-state index in [4.69, 9.17) is 11.6 Å². The molecule has 0 bridgehead atoms. The monoisotopic (exact) mass is 497 g/mol. The highest BCUT2D eigenvalue weighted by atomic mass is 35.5. The lowest BCUT2D eigenvalue weighted by atomic mass is 9.51. The molecule has 1 aromatic carbocycles. The van der Waals surface area contributed by atoms with Crippen LogP contribution in [-0.4, -0.2) is 34.1 Å². The minimum atomic E-state index is -0.612. The third-order valence-corrected chi connectivity index (χ3v) is 8.94. The number of carbonyl (C=O) groups is 2. The van der Waals surface area contributed by atoms with Crippen molar-refractivity contribution in [1.29, 1.82) is 0 Å². The van der Waals surface area contributed by atoms with E-state index in [1.807, 2.05) is 31.2 Å². The number of carbonyl (C=O) groups excluding carboxylic acids is 2. The minimum Gasteiger partial charge on any atom is -0.392 e. The fourth-order valence-electron chi connectivity index (χ4n) is 6.42. The average molecular weight is 498 g/mol. The molecule has 2 aromatic rings. The summed E-state index contributed by atoms with van der Waals surface area (Å²) in [7, 11) is 0. The molecule has 2 aliphatic rings. The Morgan fingerprint density at radius 1 is 1.17 bits per heavy atom. The smallest absolute Gasteiger partial charge is 0.270 e. The summed E-state index contributed by atoms with van der Waals surface area (Å²) in [5.74, 6) is -0.624. The van der Waals surface area contributed by atoms with E-state index >= 15 is 0 Å². The standard InChI is InChI=1S/C28H36ClN3O3/c1-17(26(34)31-16-19-8-4-5-9-21(19)29)20-11-13-28(3)14-12-22(18(2)24(28)25(20)33)32-27(35)23-10-6-7-15-30-23/h4-10,15,17-18,20,22,24-25,33H,11-14,16H2,1-3H3,(H,31,34)(H,32,35)/t17-,18+,20-,22-,24+,25-,28-/m0/s1. The predicted molar refractivity (Wildman–Crippen MR) is 137 cm³/mol. The number of hydrogen-bond donors (Lipinski definition) is 3. The largest absolute Gasteiger partial charge is 0.392 e. The first-order chi connectivity index (χ1) is 16.7. The Kier molecular flexibility index (Phi) is 7.82. The van der Waals surface area contributed by atoms with E-state index in [-0.39, 0.29) is 46.9 Å². The Balaban J connectivity index is 1.43. The van der Waals surface area contributed by atoms with Crippen LogP contribution in [0.2, 0.25) is 5.02 Å². The number of fused-ring (bicyclic) bond motifs is 1. The van der Waals surface area contributed by atoms with E-state index < -0.39 is 6.10 Å². The third kappa shape index (κ3) is 5.39. The zero-order chi connectivity index (χ0) is 25.2. The van der Waals surface area contributed by atoms with Gasteiger partial charge in [-0.2, -0.15) is 0 Å². The highest BCUT2D eigenvalue weighted by molar-refractivity contribution is 6.31. The van der Waals surface area contributed by atoms with E-state index in [1.165, 1.54) is 0 Å². The number of nitrogens with one attached hydrogen (secondary N) is 2. The molecule has 2 aliphatic carbocycles. The van der Waals surface area contributed by atoms with E-state index in [2.05, 4.69) is 29.5 Å². The van der Waals surface area contributed by atoms with Crippen molar-refractivity contribution in [2.75, 3.05) is 0 Å². The summed E-state index contributed by atoms with van der Waals surface area (Å²) in [6, 6.07) is 12.7. The molecule has 3 N–H and O–H groups in total. The molecule has 6 nitrogen and oxygen atoms in total. The Labute approximate surface area is 212 Å². The maximum absolute atomic E-state index is 13.0. The normalized spacial score (nSPS) is 31.2. The van der Waals surface area contributed by atoms with Crippen LogP contribution in [0.25, 0.3) is 0 Å². The number of hydrogen-bond acceptors (Lipinski definition) is 4. The van der Waals surface area contributed by atoms with Crippen LogP contribution in [0.15, 0.2) is 48.7 Å². The number of aliphatic hydroxyl groups is 1. The summed E-state index contributed by atoms with van der Waals surface area (Å²) >= 11 is 6.23. The third-order valence-electron chi connectivity index (χ3n) is 8.57. The van der Waals surface area contributed by atoms with Crippen LogP contribution >= 0.6 is 11.6 Å². The van der Waals surface area contributed by atoms with Crippen molar-refractivity contribution >= 4 is 23.4 Å². The number of halogens is 1. The SMILES string of the molecule is C[C@H]1[C@@H]2[C@@H](O)[C@H]([C@H](C)C(=O)NCc3ccccc3Cl)CC[C@@]2(C)CC[C@@H]1NC(=O)c1ccccn1. The lowest BCUT2D eigenvalue weighted by Crippen LogP contribution is -2.58. The fourth-order valence-corrected chi connectivity index (χ4v) is 6.62. The number of amides is 2. The molecule has 35 heavy (non-hydrogen) atoms. The highest BCUT2D eigenvalue weighted by Crippen LogP contribution is 2.55. The number of aromatic nitrogens is 1. The number of rotatable bonds is 6. The van der Waals surface area contributed by atoms with Gasteiger partial charge in [-0.15, -0.1) is 0 Å². The molecule has 188 valence electrons. The number of pyridine rings is 1. The Hall–Kier alpha value is -2.44. The maximum atomic E-state index is 13.0. The Morgan fingerprint density at radius 3 is 2.60 bits per heavy atom. The molecule has 0 spiro atoms. The molecule has 4 rings (SSSR count). The first kappa shape index (κ1) is 25.6. The van der Waals surface area contributed by atoms with Gasteiger partial charge in [0, 0.05) is 29.7 Å². The van der Waals surface area contributed by atoms with Gasteiger partial charge in [0.15, 0.2) is 0 Å². The number of nitrogens with zero attached hydrogens (tertiary/aromatic N) is 1. The second-order valence-corrected chi connectivity index (χ2v) is 11.1. The molecular weight excluding hydrogens is 462 g/mol. The van der Waals surface area contributed by atoms with Crippen LogP contribution < -0.4 is 10.6 Å². The number of benzene rings is 1. The molecule has 0 unspecified atom stereocenters. The van der Waals surface area contributed by atoms with Gasteiger partial charge in [-0.1, -0.05) is 56.6 Å². The molecule has 7 heteroatoms. The maximum Gasteiger partial charge on any atom is 0.270 e. The molecule has 0 aliphatic heterocycles. The van der Waals surface area contributed by atoms with Crippen LogP contribution in [0.5, 0.6) is 0 Å². The van der Waals surface area contributed by atoms with E-state index in [9.17, 15) is 14.7 Å². The molecular formula is C28H36ClN3O3. The van der Waals surface area contributed by atoms with Crippen molar-refractivity contribution in [2.24, 2.45) is 29.1 Å². The van der Waals surface area contributed by atoms with Gasteiger partial charge in [-0.05, 0) is 72.6 Å². The van der Waals surface area contributed by atoms with Crippen molar-refractivity contribution in [3.05, 3.63) is 64.9 Å². The summed E-state index contributed by atoms with van der Waals surface area (Å²) in [4.78, 5) is 30.0. The van der Waals surface area contributed by atoms with Gasteiger partial charge in [0.05, 0.1) is 6.10 Å². The molecule has 0 saturated heterocycles. The molecule has 2 amide bonds. The van der Waals surface area contributed by atoms with Crippen molar-refractivity contribution in [2.45, 2.75) is 65.1 Å². The average Bonchev–Trinajstić information content (AvgIpc) is 2.85. The van der Waals surface area contributed by atoms with Crippen molar-refractivity contribution < 1.29 is 14.7 Å². The quantitative estimate of drug-likeness (QED) is 0.543. The summed E-state index contributed by atoms with van der Waals surface area (Å²) in [5, 5.41) is 18.4. The van der Waals surface area contributed by atoms with Gasteiger partial charge < -0.3 is 15.7 Å². The molecule has 2 saturated carbocycles. The van der Waals surface area contributed by atoms with Crippen molar-refractivity contribution in [3.63, 3.8) is 0 Å². The van der Waals surface area contributed by atoms with Gasteiger partial charge >= 0.3 is 0 Å². The first-order valence-corrected chi connectivity index (χ1v) is 13.0. The van der Waals surface area contributed by atoms with E-state index in [0.717, 1.165) is 31.2 Å². The predicted octanol–water partition coefficient (Wildman–Crippen LogP) is 4.61. The van der Waals surface area contributed by atoms with Crippen LogP contribution in [0.4, 0.5) is 0 Å². The fraction of sp³-hybridized carbons (Fsp3) is 0.536. The summed E-state index contributed by atoms with van der Waals surface area (Å²) in [5.41, 5.74) is 1.27. The lowest BCUT2D eigenvalue weighted by molar-refractivity contribution is -0.142. The topological polar surface area (TPSA) is 91.3 Å². The number of aliphatic hydroxyl groups excluding tert-OH is 1. The summed E-state index contributed by atoms with van der Waals surface area (Å²) < 4.78 is 0. The van der Waals surface area contributed by atoms with Gasteiger partial charge in [-0.3, -0.25) is 14.6 Å². The van der Waals surface area contributed by atoms with Crippen LogP contribution in [0.3, 0.4) is 0 Å². The molecule has 1 heterocycles. The van der Waals surface area contributed by atoms with Crippen LogP contribution in [0, 0.1) is 29.1 Å². The lowest BCUT2D eigenvalue weighted by Gasteiger charge is -2.56. The van der Waals surface area contributed by atoms with Gasteiger partial charge in [0.1, 0.15) is 5.69 Å². The van der Waals surface area contributed by atoms with Crippen molar-refractivity contribution in [3.8, 4) is 0 Å². The second-order valence-electron chi connectivity index (χ2n) is 10.7. The highest BCUT2D eigenvalue weighted by Gasteiger charge is 2.53. The first-order valence-electron chi connectivity index (χ1n) is 12.6. The zero-order valence-electron chi connectivity index (χ0n) is 20.7. The van der Waals surface area contributed by atoms with Gasteiger partial charge in [0.2, 0.25) is 5.91 Å². The van der Waals surface area contributed by atoms with Crippen LogP contribution in [-0.2, 0) is 11.3 Å². The van der Waals surface area contributed by atoms with Crippen molar-refractivity contribution in [1.82, 2.24) is 15.6 Å². The summed E-state index contributed by atoms with van der Waals surface area (Å²) in [6.07, 6.45) is 4.59. The molecule has 7 atom stereocenters. The van der Waals surface area contributed by atoms with Gasteiger partial charge in [-0.25, -0.2) is 0 Å². The van der Waals surface area contributed by atoms with Gasteiger partial charge in [0.25, 0.3) is 5.91 Å². The Morgan fingerprint density at radius 2 is 1.89 bits per heavy atom. The molecule has 1 aromatic heterocycles. The molecule has 2 fully saturated rings. The Bertz CT molecular complexity index is 1050. The second kappa shape index (κ2) is 10.7. The summed E-state index contributed by atoms with van der Waals surface area (Å²) in [6.45, 7) is 6.66. The minimum absolute atomic E-state index is 0.00264. The van der Waals surface area contributed by atoms with Crippen LogP contribution in [0.1, 0.15) is 62.5 Å². The zero-order valence-corrected chi connectivity index (χ0v) is 21.5. The molecule has 0 radical (unpaired) electrons.